The molecule has 0 aliphatic carbocycles. The van der Waals surface area contributed by atoms with Crippen LogP contribution in [-0.4, -0.2) is 65.0 Å². The number of piperidine rings is 1. The third-order valence-corrected chi connectivity index (χ3v) is 5.17. The molecule has 3 rings (SSSR count). The molecule has 2 N–H and O–H groups in total. The minimum atomic E-state index is -0.0410. The van der Waals surface area contributed by atoms with E-state index in [-0.39, 0.29) is 24.0 Å². The smallest absolute Gasteiger partial charge is 0.317 e. The minimum absolute atomic E-state index is 0.0118. The van der Waals surface area contributed by atoms with Crippen LogP contribution in [0.3, 0.4) is 0 Å². The van der Waals surface area contributed by atoms with Gasteiger partial charge in [0.2, 0.25) is 5.91 Å². The maximum absolute atomic E-state index is 12.2. The molecule has 25 heavy (non-hydrogen) atoms. The number of pyridine rings is 1. The van der Waals surface area contributed by atoms with Gasteiger partial charge < -0.3 is 15.5 Å². The van der Waals surface area contributed by atoms with Gasteiger partial charge in [0, 0.05) is 57.6 Å². The molecule has 0 saturated carbocycles. The lowest BCUT2D eigenvalue weighted by molar-refractivity contribution is -0.120. The fourth-order valence-electron chi connectivity index (χ4n) is 3.57. The number of nitrogens with zero attached hydrogens (tertiary/aromatic N) is 3. The van der Waals surface area contributed by atoms with Crippen LogP contribution in [0, 0.1) is 0 Å². The zero-order valence-electron chi connectivity index (χ0n) is 14.9. The van der Waals surface area contributed by atoms with Crippen LogP contribution in [0.2, 0.25) is 0 Å². The number of hydrogen-bond acceptors (Lipinski definition) is 4. The Morgan fingerprint density at radius 3 is 2.36 bits per heavy atom. The molecule has 136 valence electrons. The van der Waals surface area contributed by atoms with Gasteiger partial charge in [0.15, 0.2) is 0 Å². The SMILES string of the molecule is CC(=O)NC1CN(C(=O)NC2CCN(C(C)c3ccncc3)CC2)C1. The Hall–Kier alpha value is -2.15. The van der Waals surface area contributed by atoms with Crippen molar-refractivity contribution in [3.05, 3.63) is 30.1 Å². The number of nitrogens with one attached hydrogen (secondary N) is 2. The zero-order valence-corrected chi connectivity index (χ0v) is 14.9. The summed E-state index contributed by atoms with van der Waals surface area (Å²) in [5.41, 5.74) is 1.28. The normalized spacial score (nSPS) is 20.6. The van der Waals surface area contributed by atoms with Crippen molar-refractivity contribution in [1.82, 2.24) is 25.4 Å². The minimum Gasteiger partial charge on any atom is -0.350 e. The Labute approximate surface area is 148 Å². The maximum Gasteiger partial charge on any atom is 0.317 e. The van der Waals surface area contributed by atoms with Crippen LogP contribution in [0.25, 0.3) is 0 Å². The summed E-state index contributed by atoms with van der Waals surface area (Å²) in [5.74, 6) is -0.0410. The highest BCUT2D eigenvalue weighted by Gasteiger charge is 2.33. The Balaban J connectivity index is 1.39. The molecule has 0 radical (unpaired) electrons. The Morgan fingerprint density at radius 2 is 1.76 bits per heavy atom. The molecule has 1 aromatic heterocycles. The second kappa shape index (κ2) is 7.82. The van der Waals surface area contributed by atoms with Gasteiger partial charge in [-0.2, -0.15) is 0 Å². The van der Waals surface area contributed by atoms with E-state index in [1.165, 1.54) is 12.5 Å². The van der Waals surface area contributed by atoms with Crippen LogP contribution in [0.5, 0.6) is 0 Å². The topological polar surface area (TPSA) is 77.6 Å². The molecule has 3 heterocycles. The second-order valence-electron chi connectivity index (χ2n) is 7.02. The molecule has 7 heteroatoms. The highest BCUT2D eigenvalue weighted by atomic mass is 16.2. The molecule has 2 aliphatic heterocycles. The summed E-state index contributed by atoms with van der Waals surface area (Å²) >= 11 is 0. The summed E-state index contributed by atoms with van der Waals surface area (Å²) in [7, 11) is 0. The number of likely N-dealkylation sites (tertiary alicyclic amines) is 2. The largest absolute Gasteiger partial charge is 0.350 e. The van der Waals surface area contributed by atoms with Crippen molar-refractivity contribution in [2.75, 3.05) is 26.2 Å². The molecule has 0 spiro atoms. The van der Waals surface area contributed by atoms with E-state index in [0.29, 0.717) is 19.1 Å². The molecule has 2 fully saturated rings. The number of carbonyl (C=O) groups excluding carboxylic acids is 2. The van der Waals surface area contributed by atoms with Crippen molar-refractivity contribution in [1.29, 1.82) is 0 Å². The van der Waals surface area contributed by atoms with Crippen molar-refractivity contribution in [2.24, 2.45) is 0 Å². The average molecular weight is 345 g/mol. The fraction of sp³-hybridized carbons (Fsp3) is 0.611. The van der Waals surface area contributed by atoms with Crippen LogP contribution >= 0.6 is 0 Å². The van der Waals surface area contributed by atoms with Crippen molar-refractivity contribution in [2.45, 2.75) is 44.8 Å². The van der Waals surface area contributed by atoms with Crippen LogP contribution in [-0.2, 0) is 4.79 Å². The summed E-state index contributed by atoms with van der Waals surface area (Å²) in [6, 6.07) is 4.82. The van der Waals surface area contributed by atoms with Crippen molar-refractivity contribution < 1.29 is 9.59 Å². The number of rotatable bonds is 4. The summed E-state index contributed by atoms with van der Waals surface area (Å²) in [6.07, 6.45) is 5.59. The summed E-state index contributed by atoms with van der Waals surface area (Å²) in [6.45, 7) is 6.87. The van der Waals surface area contributed by atoms with Gasteiger partial charge >= 0.3 is 6.03 Å². The predicted molar refractivity (Wildman–Crippen MR) is 95.0 cm³/mol. The molecule has 0 bridgehead atoms. The van der Waals surface area contributed by atoms with Gasteiger partial charge in [-0.1, -0.05) is 0 Å². The van der Waals surface area contributed by atoms with Gasteiger partial charge in [0.25, 0.3) is 0 Å². The Bertz CT molecular complexity index is 595. The predicted octanol–water partition coefficient (Wildman–Crippen LogP) is 1.14. The fourth-order valence-corrected chi connectivity index (χ4v) is 3.57. The van der Waals surface area contributed by atoms with E-state index in [0.717, 1.165) is 25.9 Å². The first kappa shape index (κ1) is 17.7. The third kappa shape index (κ3) is 4.48. The number of urea groups is 1. The molecule has 1 atom stereocenters. The number of amides is 3. The second-order valence-corrected chi connectivity index (χ2v) is 7.02. The summed E-state index contributed by atoms with van der Waals surface area (Å²) in [4.78, 5) is 31.5. The molecule has 0 aromatic carbocycles. The standard InChI is InChI=1S/C18H27N5O2/c1-13(15-3-7-19-8-4-15)22-9-5-16(6-10-22)21-18(25)23-11-17(12-23)20-14(2)24/h3-4,7-8,13,16-17H,5-6,9-12H2,1-2H3,(H,20,24)(H,21,25). The molecular weight excluding hydrogens is 318 g/mol. The van der Waals surface area contributed by atoms with Crippen LogP contribution < -0.4 is 10.6 Å². The molecule has 7 nitrogen and oxygen atoms in total. The molecule has 2 saturated heterocycles. The molecule has 3 amide bonds. The summed E-state index contributed by atoms with van der Waals surface area (Å²) < 4.78 is 0. The molecule has 1 aromatic rings. The first-order chi connectivity index (χ1) is 12.0. The average Bonchev–Trinajstić information content (AvgIpc) is 2.58. The molecule has 1 unspecified atom stereocenters. The van der Waals surface area contributed by atoms with E-state index in [4.69, 9.17) is 0 Å². The lowest BCUT2D eigenvalue weighted by atomic mass is 10.0. The van der Waals surface area contributed by atoms with Crippen molar-refractivity contribution in [3.8, 4) is 0 Å². The van der Waals surface area contributed by atoms with E-state index in [1.54, 1.807) is 4.90 Å². The first-order valence-electron chi connectivity index (χ1n) is 8.99. The van der Waals surface area contributed by atoms with Gasteiger partial charge in [-0.3, -0.25) is 14.7 Å². The molecule has 2 aliphatic rings. The van der Waals surface area contributed by atoms with Crippen molar-refractivity contribution in [3.63, 3.8) is 0 Å². The number of hydrogen-bond donors (Lipinski definition) is 2. The highest BCUT2D eigenvalue weighted by Crippen LogP contribution is 2.24. The van der Waals surface area contributed by atoms with Gasteiger partial charge in [0.1, 0.15) is 0 Å². The summed E-state index contributed by atoms with van der Waals surface area (Å²) in [5, 5.41) is 5.96. The third-order valence-electron chi connectivity index (χ3n) is 5.17. The van der Waals surface area contributed by atoms with E-state index in [1.807, 2.05) is 12.4 Å². The first-order valence-corrected chi connectivity index (χ1v) is 8.99. The lowest BCUT2D eigenvalue weighted by Gasteiger charge is -2.41. The van der Waals surface area contributed by atoms with Crippen molar-refractivity contribution >= 4 is 11.9 Å². The van der Waals surface area contributed by atoms with Gasteiger partial charge in [-0.15, -0.1) is 0 Å². The zero-order chi connectivity index (χ0) is 17.8. The van der Waals surface area contributed by atoms with E-state index in [9.17, 15) is 9.59 Å². The van der Waals surface area contributed by atoms with Crippen LogP contribution in [0.1, 0.15) is 38.3 Å². The Morgan fingerprint density at radius 1 is 1.12 bits per heavy atom. The molecular formula is C18H27N5O2. The van der Waals surface area contributed by atoms with Gasteiger partial charge in [0.05, 0.1) is 6.04 Å². The maximum atomic E-state index is 12.2. The van der Waals surface area contributed by atoms with Gasteiger partial charge in [-0.05, 0) is 37.5 Å². The van der Waals surface area contributed by atoms with E-state index < -0.39 is 0 Å². The number of aromatic nitrogens is 1. The number of carbonyl (C=O) groups is 2. The lowest BCUT2D eigenvalue weighted by Crippen LogP contribution is -2.63. The monoisotopic (exact) mass is 345 g/mol. The van der Waals surface area contributed by atoms with E-state index in [2.05, 4.69) is 39.6 Å². The Kier molecular flexibility index (Phi) is 5.53. The van der Waals surface area contributed by atoms with E-state index >= 15 is 0 Å². The van der Waals surface area contributed by atoms with Crippen LogP contribution in [0.15, 0.2) is 24.5 Å². The quantitative estimate of drug-likeness (QED) is 0.858. The van der Waals surface area contributed by atoms with Crippen LogP contribution in [0.4, 0.5) is 4.79 Å². The highest BCUT2D eigenvalue weighted by molar-refractivity contribution is 5.77. The van der Waals surface area contributed by atoms with Gasteiger partial charge in [-0.25, -0.2) is 4.79 Å².